The second-order valence-corrected chi connectivity index (χ2v) is 6.34. The molecule has 1 aliphatic rings. The lowest BCUT2D eigenvalue weighted by atomic mass is 10.2. The summed E-state index contributed by atoms with van der Waals surface area (Å²) in [6.07, 6.45) is 4.94. The molecule has 0 spiro atoms. The molecule has 1 rings (SSSR count). The maximum Gasteiger partial charge on any atom is 0.214 e. The van der Waals surface area contributed by atoms with Gasteiger partial charge in [0.05, 0.1) is 5.75 Å². The Bertz CT molecular complexity index is 256. The van der Waals surface area contributed by atoms with Crippen LogP contribution in [0.1, 0.15) is 25.7 Å². The fourth-order valence-electron chi connectivity index (χ4n) is 1.70. The normalized spacial score (nSPS) is 19.4. The summed E-state index contributed by atoms with van der Waals surface area (Å²) in [4.78, 5) is 0. The van der Waals surface area contributed by atoms with E-state index in [1.54, 1.807) is 14.1 Å². The molecular weight excluding hydrogens is 200 g/mol. The Hall–Kier alpha value is -0.130. The molecule has 0 aromatic heterocycles. The largest absolute Gasteiger partial charge is 0.313 e. The minimum atomic E-state index is -3.02. The van der Waals surface area contributed by atoms with E-state index in [4.69, 9.17) is 0 Å². The van der Waals surface area contributed by atoms with Crippen molar-refractivity contribution in [3.63, 3.8) is 0 Å². The van der Waals surface area contributed by atoms with Crippen LogP contribution in [0.5, 0.6) is 0 Å². The highest BCUT2D eigenvalue weighted by atomic mass is 32.2. The van der Waals surface area contributed by atoms with Crippen molar-refractivity contribution < 1.29 is 8.42 Å². The molecule has 14 heavy (non-hydrogen) atoms. The van der Waals surface area contributed by atoms with Crippen molar-refractivity contribution in [2.75, 3.05) is 26.4 Å². The summed E-state index contributed by atoms with van der Waals surface area (Å²) in [5.41, 5.74) is 0. The molecule has 0 radical (unpaired) electrons. The molecule has 1 aliphatic carbocycles. The first-order valence-electron chi connectivity index (χ1n) is 5.16. The third-order valence-corrected chi connectivity index (χ3v) is 4.54. The van der Waals surface area contributed by atoms with Gasteiger partial charge in [-0.2, -0.15) is 0 Å². The molecule has 0 aromatic carbocycles. The van der Waals surface area contributed by atoms with Crippen LogP contribution >= 0.6 is 0 Å². The Morgan fingerprint density at radius 1 is 1.29 bits per heavy atom. The highest BCUT2D eigenvalue weighted by Gasteiger charge is 2.17. The van der Waals surface area contributed by atoms with Crippen molar-refractivity contribution in [3.05, 3.63) is 0 Å². The predicted octanol–water partition coefficient (Wildman–Crippen LogP) is 0.410. The summed E-state index contributed by atoms with van der Waals surface area (Å²) in [5, 5.41) is 3.29. The molecule has 5 heteroatoms. The number of nitrogens with zero attached hydrogens (tertiary/aromatic N) is 1. The first-order valence-corrected chi connectivity index (χ1v) is 6.77. The average molecular weight is 220 g/mol. The minimum Gasteiger partial charge on any atom is -0.313 e. The van der Waals surface area contributed by atoms with Crippen LogP contribution in [0.15, 0.2) is 0 Å². The van der Waals surface area contributed by atoms with E-state index in [9.17, 15) is 8.42 Å². The second kappa shape index (κ2) is 5.09. The van der Waals surface area contributed by atoms with Gasteiger partial charge in [0, 0.05) is 26.7 Å². The molecule has 1 saturated carbocycles. The quantitative estimate of drug-likeness (QED) is 0.730. The summed E-state index contributed by atoms with van der Waals surface area (Å²) in [7, 11) is 0.130. The Balaban J connectivity index is 2.20. The van der Waals surface area contributed by atoms with Crippen LogP contribution in [0.3, 0.4) is 0 Å². The number of hydrogen-bond donors (Lipinski definition) is 1. The maximum absolute atomic E-state index is 11.4. The lowest BCUT2D eigenvalue weighted by molar-refractivity contribution is 0.505. The number of nitrogens with one attached hydrogen (secondary N) is 1. The first-order chi connectivity index (χ1) is 6.52. The minimum absolute atomic E-state index is 0.205. The van der Waals surface area contributed by atoms with Gasteiger partial charge in [-0.25, -0.2) is 12.7 Å². The van der Waals surface area contributed by atoms with Crippen LogP contribution in [-0.2, 0) is 10.0 Å². The topological polar surface area (TPSA) is 49.4 Å². The zero-order chi connectivity index (χ0) is 10.6. The zero-order valence-corrected chi connectivity index (χ0v) is 9.81. The lowest BCUT2D eigenvalue weighted by Crippen LogP contribution is -2.35. The van der Waals surface area contributed by atoms with Gasteiger partial charge in [0.15, 0.2) is 0 Å². The van der Waals surface area contributed by atoms with Crippen molar-refractivity contribution in [1.82, 2.24) is 9.62 Å². The summed E-state index contributed by atoms with van der Waals surface area (Å²) in [6.45, 7) is 0.575. The summed E-state index contributed by atoms with van der Waals surface area (Å²) < 4.78 is 24.1. The molecule has 1 N–H and O–H groups in total. The summed E-state index contributed by atoms with van der Waals surface area (Å²) in [5.74, 6) is 0.205. The van der Waals surface area contributed by atoms with Crippen LogP contribution in [0.2, 0.25) is 0 Å². The molecule has 0 aromatic rings. The van der Waals surface area contributed by atoms with Gasteiger partial charge < -0.3 is 5.32 Å². The van der Waals surface area contributed by atoms with E-state index in [1.807, 2.05) is 0 Å². The maximum atomic E-state index is 11.4. The monoisotopic (exact) mass is 220 g/mol. The molecular formula is C9H20N2O2S. The zero-order valence-electron chi connectivity index (χ0n) is 8.99. The van der Waals surface area contributed by atoms with Crippen LogP contribution in [0.25, 0.3) is 0 Å². The van der Waals surface area contributed by atoms with E-state index in [0.29, 0.717) is 12.6 Å². The van der Waals surface area contributed by atoms with E-state index in [-0.39, 0.29) is 5.75 Å². The molecule has 0 heterocycles. The van der Waals surface area contributed by atoms with Gasteiger partial charge in [-0.15, -0.1) is 0 Å². The Kier molecular flexibility index (Phi) is 4.34. The highest BCUT2D eigenvalue weighted by molar-refractivity contribution is 7.89. The Labute approximate surface area is 86.7 Å². The highest BCUT2D eigenvalue weighted by Crippen LogP contribution is 2.17. The van der Waals surface area contributed by atoms with Gasteiger partial charge in [0.2, 0.25) is 10.0 Å². The van der Waals surface area contributed by atoms with Gasteiger partial charge in [0.25, 0.3) is 0 Å². The average Bonchev–Trinajstić information content (AvgIpc) is 2.56. The number of rotatable bonds is 5. The van der Waals surface area contributed by atoms with E-state index in [1.165, 1.54) is 30.0 Å². The smallest absolute Gasteiger partial charge is 0.214 e. The number of sulfonamides is 1. The molecule has 0 amide bonds. The summed E-state index contributed by atoms with van der Waals surface area (Å²) >= 11 is 0. The second-order valence-electron chi connectivity index (χ2n) is 4.03. The molecule has 0 bridgehead atoms. The van der Waals surface area contributed by atoms with E-state index in [0.717, 1.165) is 0 Å². The first kappa shape index (κ1) is 11.9. The Morgan fingerprint density at radius 2 is 1.86 bits per heavy atom. The van der Waals surface area contributed by atoms with Crippen LogP contribution in [0.4, 0.5) is 0 Å². The van der Waals surface area contributed by atoms with Gasteiger partial charge in [-0.05, 0) is 12.8 Å². The SMILES string of the molecule is CN(C)S(=O)(=O)CCNC1CCCC1. The molecule has 84 valence electrons. The van der Waals surface area contributed by atoms with Gasteiger partial charge >= 0.3 is 0 Å². The van der Waals surface area contributed by atoms with E-state index >= 15 is 0 Å². The van der Waals surface area contributed by atoms with Crippen molar-refractivity contribution >= 4 is 10.0 Å². The fraction of sp³-hybridized carbons (Fsp3) is 1.00. The van der Waals surface area contributed by atoms with E-state index < -0.39 is 10.0 Å². The van der Waals surface area contributed by atoms with Gasteiger partial charge in [-0.1, -0.05) is 12.8 Å². The fourth-order valence-corrected chi connectivity index (χ4v) is 2.45. The van der Waals surface area contributed by atoms with E-state index in [2.05, 4.69) is 5.32 Å². The standard InChI is InChI=1S/C9H20N2O2S/c1-11(2)14(12,13)8-7-10-9-5-3-4-6-9/h9-10H,3-8H2,1-2H3. The molecule has 1 fully saturated rings. The molecule has 0 aliphatic heterocycles. The number of hydrogen-bond acceptors (Lipinski definition) is 3. The third kappa shape index (κ3) is 3.55. The predicted molar refractivity (Wildman–Crippen MR) is 57.7 cm³/mol. The molecule has 0 unspecified atom stereocenters. The Morgan fingerprint density at radius 3 is 2.36 bits per heavy atom. The van der Waals surface area contributed by atoms with Gasteiger partial charge in [-0.3, -0.25) is 0 Å². The van der Waals surface area contributed by atoms with Gasteiger partial charge in [0.1, 0.15) is 0 Å². The molecule has 0 atom stereocenters. The third-order valence-electron chi connectivity index (χ3n) is 2.70. The van der Waals surface area contributed by atoms with Crippen molar-refractivity contribution in [1.29, 1.82) is 0 Å². The van der Waals surface area contributed by atoms with Crippen LogP contribution in [0, 0.1) is 0 Å². The molecule has 4 nitrogen and oxygen atoms in total. The van der Waals surface area contributed by atoms with Crippen molar-refractivity contribution in [3.8, 4) is 0 Å². The van der Waals surface area contributed by atoms with Crippen molar-refractivity contribution in [2.24, 2.45) is 0 Å². The van der Waals surface area contributed by atoms with Crippen molar-refractivity contribution in [2.45, 2.75) is 31.7 Å². The van der Waals surface area contributed by atoms with Crippen LogP contribution < -0.4 is 5.32 Å². The summed E-state index contributed by atoms with van der Waals surface area (Å²) in [6, 6.07) is 0.548. The molecule has 0 saturated heterocycles. The van der Waals surface area contributed by atoms with Crippen LogP contribution in [-0.4, -0.2) is 45.2 Å². The lowest BCUT2D eigenvalue weighted by Gasteiger charge is -2.14.